The first kappa shape index (κ1) is 12.7. The zero-order chi connectivity index (χ0) is 12.0. The number of hydrogen-bond acceptors (Lipinski definition) is 4. The molecule has 0 radical (unpaired) electrons. The first-order chi connectivity index (χ1) is 7.72. The molecule has 0 saturated carbocycles. The second kappa shape index (κ2) is 6.30. The van der Waals surface area contributed by atoms with E-state index in [0.29, 0.717) is 5.88 Å². The molecule has 0 fully saturated rings. The van der Waals surface area contributed by atoms with Gasteiger partial charge in [0.2, 0.25) is 5.88 Å². The number of nitrogens with zero attached hydrogens (tertiary/aromatic N) is 2. The van der Waals surface area contributed by atoms with Crippen molar-refractivity contribution in [1.29, 1.82) is 0 Å². The third kappa shape index (κ3) is 3.08. The molecule has 90 valence electrons. The van der Waals surface area contributed by atoms with E-state index in [2.05, 4.69) is 22.2 Å². The lowest BCUT2D eigenvalue weighted by atomic mass is 10.3. The molecule has 0 aromatic carbocycles. The molecule has 16 heavy (non-hydrogen) atoms. The third-order valence-corrected chi connectivity index (χ3v) is 2.44. The van der Waals surface area contributed by atoms with Crippen LogP contribution in [0.25, 0.3) is 0 Å². The van der Waals surface area contributed by atoms with Crippen molar-refractivity contribution in [3.8, 4) is 5.88 Å². The van der Waals surface area contributed by atoms with Gasteiger partial charge in [0.25, 0.3) is 0 Å². The number of nitrogens with one attached hydrogen (secondary N) is 1. The van der Waals surface area contributed by atoms with Crippen molar-refractivity contribution in [1.82, 2.24) is 9.97 Å². The molecule has 0 aliphatic carbocycles. The highest BCUT2D eigenvalue weighted by molar-refractivity contribution is 5.48. The Labute approximate surface area is 97.5 Å². The van der Waals surface area contributed by atoms with Gasteiger partial charge in [-0.3, -0.25) is 0 Å². The van der Waals surface area contributed by atoms with Crippen molar-refractivity contribution >= 4 is 5.82 Å². The predicted octanol–water partition coefficient (Wildman–Crippen LogP) is 2.57. The molecule has 4 heteroatoms. The molecule has 0 bridgehead atoms. The Kier molecular flexibility index (Phi) is 5.02. The van der Waals surface area contributed by atoms with Crippen LogP contribution < -0.4 is 10.1 Å². The summed E-state index contributed by atoms with van der Waals surface area (Å²) >= 11 is 0. The molecule has 0 aliphatic heterocycles. The van der Waals surface area contributed by atoms with Crippen molar-refractivity contribution in [2.24, 2.45) is 0 Å². The van der Waals surface area contributed by atoms with E-state index < -0.39 is 0 Å². The van der Waals surface area contributed by atoms with Gasteiger partial charge in [-0.25, -0.2) is 4.98 Å². The summed E-state index contributed by atoms with van der Waals surface area (Å²) < 4.78 is 5.67. The van der Waals surface area contributed by atoms with Gasteiger partial charge in [-0.05, 0) is 13.3 Å². The van der Waals surface area contributed by atoms with Crippen molar-refractivity contribution in [3.63, 3.8) is 0 Å². The zero-order valence-corrected chi connectivity index (χ0v) is 10.6. The highest BCUT2D eigenvalue weighted by Gasteiger charge is 2.09. The minimum absolute atomic E-state index is 0.713. The molecule has 1 rings (SSSR count). The Morgan fingerprint density at radius 3 is 2.56 bits per heavy atom. The van der Waals surface area contributed by atoms with Crippen molar-refractivity contribution < 1.29 is 4.74 Å². The van der Waals surface area contributed by atoms with E-state index in [1.807, 2.05) is 20.9 Å². The quantitative estimate of drug-likeness (QED) is 0.753. The highest BCUT2D eigenvalue weighted by Crippen LogP contribution is 2.21. The number of aromatic nitrogens is 2. The molecule has 0 unspecified atom stereocenters. The second-order valence-corrected chi connectivity index (χ2v) is 3.72. The lowest BCUT2D eigenvalue weighted by Gasteiger charge is -2.12. The van der Waals surface area contributed by atoms with Gasteiger partial charge in [0.15, 0.2) is 0 Å². The van der Waals surface area contributed by atoms with Crippen LogP contribution in [-0.4, -0.2) is 23.6 Å². The predicted molar refractivity (Wildman–Crippen MR) is 66.1 cm³/mol. The van der Waals surface area contributed by atoms with Crippen LogP contribution in [0.4, 0.5) is 5.82 Å². The average molecular weight is 223 g/mol. The fraction of sp³-hybridized carbons (Fsp3) is 0.667. The Bertz CT molecular complexity index is 339. The van der Waals surface area contributed by atoms with Crippen LogP contribution in [0, 0.1) is 6.92 Å². The van der Waals surface area contributed by atoms with E-state index in [1.54, 1.807) is 0 Å². The Hall–Kier alpha value is -1.32. The standard InChI is InChI=1S/C12H21N3O/c1-5-7-8-16-12-9(3)11(13-4)14-10(6-2)15-12/h5-8H2,1-4H3,(H,13,14,15). The number of unbranched alkanes of at least 4 members (excludes halogenated alkanes) is 1. The van der Waals surface area contributed by atoms with E-state index in [9.17, 15) is 0 Å². The summed E-state index contributed by atoms with van der Waals surface area (Å²) in [6.07, 6.45) is 3.00. The van der Waals surface area contributed by atoms with Crippen LogP contribution in [0.3, 0.4) is 0 Å². The fourth-order valence-electron chi connectivity index (χ4n) is 1.40. The lowest BCUT2D eigenvalue weighted by molar-refractivity contribution is 0.294. The molecule has 4 nitrogen and oxygen atoms in total. The summed E-state index contributed by atoms with van der Waals surface area (Å²) in [6.45, 7) is 6.89. The average Bonchev–Trinajstić information content (AvgIpc) is 2.31. The van der Waals surface area contributed by atoms with E-state index in [-0.39, 0.29) is 0 Å². The van der Waals surface area contributed by atoms with Gasteiger partial charge in [-0.2, -0.15) is 4.98 Å². The van der Waals surface area contributed by atoms with E-state index in [0.717, 1.165) is 43.1 Å². The number of ether oxygens (including phenoxy) is 1. The summed E-state index contributed by atoms with van der Waals surface area (Å²) in [6, 6.07) is 0. The number of anilines is 1. The first-order valence-electron chi connectivity index (χ1n) is 5.90. The van der Waals surface area contributed by atoms with Gasteiger partial charge in [0.05, 0.1) is 12.2 Å². The lowest BCUT2D eigenvalue weighted by Crippen LogP contribution is -2.07. The largest absolute Gasteiger partial charge is 0.477 e. The summed E-state index contributed by atoms with van der Waals surface area (Å²) in [7, 11) is 1.87. The normalized spacial score (nSPS) is 10.2. The topological polar surface area (TPSA) is 47.0 Å². The number of hydrogen-bond donors (Lipinski definition) is 1. The van der Waals surface area contributed by atoms with Crippen molar-refractivity contribution in [2.45, 2.75) is 40.0 Å². The Morgan fingerprint density at radius 1 is 1.25 bits per heavy atom. The maximum Gasteiger partial charge on any atom is 0.221 e. The highest BCUT2D eigenvalue weighted by atomic mass is 16.5. The molecule has 1 N–H and O–H groups in total. The summed E-state index contributed by atoms with van der Waals surface area (Å²) in [5, 5.41) is 3.07. The van der Waals surface area contributed by atoms with Crippen molar-refractivity contribution in [2.75, 3.05) is 19.0 Å². The monoisotopic (exact) mass is 223 g/mol. The van der Waals surface area contributed by atoms with Gasteiger partial charge >= 0.3 is 0 Å². The van der Waals surface area contributed by atoms with Crippen LogP contribution in [0.2, 0.25) is 0 Å². The summed E-state index contributed by atoms with van der Waals surface area (Å²) in [5.74, 6) is 2.39. The van der Waals surface area contributed by atoms with E-state index in [4.69, 9.17) is 4.74 Å². The fourth-order valence-corrected chi connectivity index (χ4v) is 1.40. The molecule has 1 heterocycles. The SMILES string of the molecule is CCCCOc1nc(CC)nc(NC)c1C. The summed E-state index contributed by atoms with van der Waals surface area (Å²) in [4.78, 5) is 8.79. The molecule has 0 amide bonds. The van der Waals surface area contributed by atoms with Crippen LogP contribution in [0.5, 0.6) is 5.88 Å². The van der Waals surface area contributed by atoms with E-state index >= 15 is 0 Å². The minimum atomic E-state index is 0.713. The number of rotatable bonds is 6. The second-order valence-electron chi connectivity index (χ2n) is 3.72. The smallest absolute Gasteiger partial charge is 0.221 e. The summed E-state index contributed by atoms with van der Waals surface area (Å²) in [5.41, 5.74) is 0.982. The van der Waals surface area contributed by atoms with Gasteiger partial charge in [0, 0.05) is 13.5 Å². The van der Waals surface area contributed by atoms with Crippen LogP contribution in [-0.2, 0) is 6.42 Å². The molecule has 0 atom stereocenters. The van der Waals surface area contributed by atoms with Gasteiger partial charge in [-0.1, -0.05) is 20.3 Å². The maximum atomic E-state index is 5.67. The van der Waals surface area contributed by atoms with Crippen LogP contribution in [0.1, 0.15) is 38.1 Å². The molecule has 0 saturated heterocycles. The van der Waals surface area contributed by atoms with E-state index in [1.165, 1.54) is 0 Å². The van der Waals surface area contributed by atoms with Gasteiger partial charge < -0.3 is 10.1 Å². The first-order valence-corrected chi connectivity index (χ1v) is 5.90. The molecule has 1 aromatic rings. The van der Waals surface area contributed by atoms with Crippen molar-refractivity contribution in [3.05, 3.63) is 11.4 Å². The Morgan fingerprint density at radius 2 is 2.00 bits per heavy atom. The molecule has 0 spiro atoms. The molecule has 0 aliphatic rings. The maximum absolute atomic E-state index is 5.67. The zero-order valence-electron chi connectivity index (χ0n) is 10.6. The minimum Gasteiger partial charge on any atom is -0.477 e. The molecule has 1 aromatic heterocycles. The molecular weight excluding hydrogens is 202 g/mol. The third-order valence-electron chi connectivity index (χ3n) is 2.44. The van der Waals surface area contributed by atoms with Crippen LogP contribution in [0.15, 0.2) is 0 Å². The van der Waals surface area contributed by atoms with Gasteiger partial charge in [-0.15, -0.1) is 0 Å². The van der Waals surface area contributed by atoms with Gasteiger partial charge in [0.1, 0.15) is 11.6 Å². The number of aryl methyl sites for hydroxylation is 1. The van der Waals surface area contributed by atoms with Crippen LogP contribution >= 0.6 is 0 Å². The Balaban J connectivity index is 2.88. The molecular formula is C12H21N3O.